The van der Waals surface area contributed by atoms with Crippen molar-refractivity contribution in [2.75, 3.05) is 13.2 Å². The normalized spacial score (nSPS) is 40.7. The van der Waals surface area contributed by atoms with E-state index in [-0.39, 0.29) is 30.7 Å². The molecular weight excluding hydrogens is 372 g/mol. The van der Waals surface area contributed by atoms with E-state index in [2.05, 4.69) is 6.92 Å². The molecule has 0 aromatic carbocycles. The Bertz CT molecular complexity index is 541. The van der Waals surface area contributed by atoms with Crippen LogP contribution in [0.4, 0.5) is 0 Å². The Balaban J connectivity index is 1.27. The molecule has 3 heterocycles. The van der Waals surface area contributed by atoms with Crippen molar-refractivity contribution >= 4 is 0 Å². The summed E-state index contributed by atoms with van der Waals surface area (Å²) in [6, 6.07) is 0. The lowest BCUT2D eigenvalue weighted by Crippen LogP contribution is -2.46. The number of hydrogen-bond acceptors (Lipinski definition) is 6. The number of ether oxygens (including phenoxy) is 6. The first-order chi connectivity index (χ1) is 14.2. The maximum Gasteiger partial charge on any atom is 0.190 e. The number of rotatable bonds is 6. The van der Waals surface area contributed by atoms with Gasteiger partial charge in [0, 0.05) is 32.3 Å². The van der Waals surface area contributed by atoms with Gasteiger partial charge in [0.1, 0.15) is 24.4 Å². The third-order valence-electron chi connectivity index (χ3n) is 7.42. The fraction of sp³-hybridized carbons (Fsp3) is 1.00. The molecule has 0 radical (unpaired) electrons. The Morgan fingerprint density at radius 3 is 2.24 bits per heavy atom. The first-order valence-corrected chi connectivity index (χ1v) is 12.2. The lowest BCUT2D eigenvalue weighted by Gasteiger charge is -2.35. The molecule has 6 heteroatoms. The van der Waals surface area contributed by atoms with E-state index < -0.39 is 11.6 Å². The smallest absolute Gasteiger partial charge is 0.190 e. The van der Waals surface area contributed by atoms with Crippen LogP contribution in [-0.2, 0) is 28.4 Å². The zero-order valence-corrected chi connectivity index (χ0v) is 17.9. The van der Waals surface area contributed by atoms with Crippen LogP contribution in [0, 0.1) is 0 Å². The molecule has 0 amide bonds. The van der Waals surface area contributed by atoms with Gasteiger partial charge in [-0.25, -0.2) is 0 Å². The van der Waals surface area contributed by atoms with Crippen molar-refractivity contribution in [1.82, 2.24) is 0 Å². The topological polar surface area (TPSA) is 55.4 Å². The largest absolute Gasteiger partial charge is 0.372 e. The molecule has 2 aliphatic carbocycles. The predicted octanol–water partition coefficient (Wildman–Crippen LogP) is 4.44. The summed E-state index contributed by atoms with van der Waals surface area (Å²) in [5.74, 6) is -0.857. The molecular formula is C23H38O6. The van der Waals surface area contributed by atoms with E-state index in [1.165, 1.54) is 38.5 Å². The van der Waals surface area contributed by atoms with Gasteiger partial charge in [-0.1, -0.05) is 32.6 Å². The van der Waals surface area contributed by atoms with Gasteiger partial charge in [0.25, 0.3) is 0 Å². The average molecular weight is 411 g/mol. The van der Waals surface area contributed by atoms with Crippen LogP contribution in [-0.4, -0.2) is 55.5 Å². The van der Waals surface area contributed by atoms with Crippen LogP contribution in [0.15, 0.2) is 0 Å². The van der Waals surface area contributed by atoms with Crippen molar-refractivity contribution < 1.29 is 28.4 Å². The van der Waals surface area contributed by atoms with E-state index >= 15 is 0 Å². The van der Waals surface area contributed by atoms with Gasteiger partial charge in [0.05, 0.1) is 6.61 Å². The molecule has 0 aromatic heterocycles. The molecule has 2 spiro atoms. The van der Waals surface area contributed by atoms with Gasteiger partial charge in [-0.2, -0.15) is 0 Å². The zero-order valence-electron chi connectivity index (χ0n) is 17.9. The van der Waals surface area contributed by atoms with E-state index in [1.807, 2.05) is 0 Å². The summed E-state index contributed by atoms with van der Waals surface area (Å²) >= 11 is 0. The molecule has 0 bridgehead atoms. The highest BCUT2D eigenvalue weighted by molar-refractivity contribution is 5.01. The maximum atomic E-state index is 6.54. The van der Waals surface area contributed by atoms with Crippen LogP contribution in [0.2, 0.25) is 0 Å². The first-order valence-electron chi connectivity index (χ1n) is 12.2. The van der Waals surface area contributed by atoms with Gasteiger partial charge in [-0.05, 0) is 32.1 Å². The minimum absolute atomic E-state index is 0.107. The molecule has 166 valence electrons. The number of fused-ring (bicyclic) bond motifs is 1. The summed E-state index contributed by atoms with van der Waals surface area (Å²) in [6.07, 6.45) is 13.6. The van der Waals surface area contributed by atoms with Gasteiger partial charge in [0.15, 0.2) is 17.9 Å². The highest BCUT2D eigenvalue weighted by atomic mass is 16.9. The summed E-state index contributed by atoms with van der Waals surface area (Å²) < 4.78 is 38.4. The molecule has 5 aliphatic rings. The van der Waals surface area contributed by atoms with Crippen molar-refractivity contribution in [3.05, 3.63) is 0 Å². The summed E-state index contributed by atoms with van der Waals surface area (Å²) in [6.45, 7) is 3.52. The van der Waals surface area contributed by atoms with Crippen molar-refractivity contribution in [3.63, 3.8) is 0 Å². The summed E-state index contributed by atoms with van der Waals surface area (Å²) in [4.78, 5) is 0. The van der Waals surface area contributed by atoms with Crippen molar-refractivity contribution in [2.45, 2.75) is 133 Å². The Morgan fingerprint density at radius 1 is 0.793 bits per heavy atom. The first kappa shape index (κ1) is 20.7. The van der Waals surface area contributed by atoms with E-state index in [0.717, 1.165) is 51.6 Å². The van der Waals surface area contributed by atoms with E-state index in [0.29, 0.717) is 6.61 Å². The maximum absolute atomic E-state index is 6.54. The highest BCUT2D eigenvalue weighted by Crippen LogP contribution is 2.48. The highest BCUT2D eigenvalue weighted by Gasteiger charge is 2.61. The minimum Gasteiger partial charge on any atom is -0.372 e. The summed E-state index contributed by atoms with van der Waals surface area (Å²) in [7, 11) is 0. The number of hydrogen-bond donors (Lipinski definition) is 0. The van der Waals surface area contributed by atoms with Gasteiger partial charge in [-0.3, -0.25) is 0 Å². The summed E-state index contributed by atoms with van der Waals surface area (Å²) in [5.41, 5.74) is 0. The fourth-order valence-corrected chi connectivity index (χ4v) is 5.84. The van der Waals surface area contributed by atoms with Crippen LogP contribution in [0.5, 0.6) is 0 Å². The van der Waals surface area contributed by atoms with Crippen LogP contribution in [0.25, 0.3) is 0 Å². The molecule has 3 aliphatic heterocycles. The second kappa shape index (κ2) is 8.71. The molecule has 5 atom stereocenters. The van der Waals surface area contributed by atoms with Crippen LogP contribution in [0.3, 0.4) is 0 Å². The molecule has 5 fully saturated rings. The van der Waals surface area contributed by atoms with Crippen molar-refractivity contribution in [3.8, 4) is 0 Å². The zero-order chi connectivity index (χ0) is 19.7. The van der Waals surface area contributed by atoms with E-state index in [1.54, 1.807) is 0 Å². The predicted molar refractivity (Wildman–Crippen MR) is 106 cm³/mol. The molecule has 29 heavy (non-hydrogen) atoms. The molecule has 2 saturated carbocycles. The molecule has 0 unspecified atom stereocenters. The van der Waals surface area contributed by atoms with Crippen molar-refractivity contribution in [1.29, 1.82) is 0 Å². The third-order valence-corrected chi connectivity index (χ3v) is 7.42. The number of unbranched alkanes of at least 4 members (excludes halogenated alkanes) is 2. The molecule has 0 aromatic rings. The minimum atomic E-state index is -0.457. The molecule has 5 rings (SSSR count). The lowest BCUT2D eigenvalue weighted by atomic mass is 9.94. The van der Waals surface area contributed by atoms with Gasteiger partial charge >= 0.3 is 0 Å². The second-order valence-corrected chi connectivity index (χ2v) is 9.62. The quantitative estimate of drug-likeness (QED) is 0.604. The second-order valence-electron chi connectivity index (χ2n) is 9.62. The van der Waals surface area contributed by atoms with E-state index in [9.17, 15) is 0 Å². The third kappa shape index (κ3) is 4.13. The van der Waals surface area contributed by atoms with Crippen LogP contribution < -0.4 is 0 Å². The standard InChI is InChI=1S/C23H38O6/c1-2-3-10-15-24-19-18(17-16-25-22(27-17)11-6-4-7-12-22)26-21-20(19)28-23(29-21)13-8-5-9-14-23/h17-21H,2-16H2,1H3/t17-,18-,19+,20-,21-/m1/s1. The Morgan fingerprint density at radius 2 is 1.52 bits per heavy atom. The monoisotopic (exact) mass is 410 g/mol. The lowest BCUT2D eigenvalue weighted by molar-refractivity contribution is -0.262. The molecule has 0 N–H and O–H groups in total. The molecule has 3 saturated heterocycles. The van der Waals surface area contributed by atoms with Gasteiger partial charge in [-0.15, -0.1) is 0 Å². The van der Waals surface area contributed by atoms with Crippen LogP contribution >= 0.6 is 0 Å². The summed E-state index contributed by atoms with van der Waals surface area (Å²) in [5, 5.41) is 0. The Labute approximate surface area is 174 Å². The van der Waals surface area contributed by atoms with Gasteiger partial charge < -0.3 is 28.4 Å². The van der Waals surface area contributed by atoms with E-state index in [4.69, 9.17) is 28.4 Å². The van der Waals surface area contributed by atoms with Crippen molar-refractivity contribution in [2.24, 2.45) is 0 Å². The van der Waals surface area contributed by atoms with Gasteiger partial charge in [0.2, 0.25) is 0 Å². The Hall–Kier alpha value is -0.240. The SMILES string of the molecule is CCCCCO[C@@H]1[C@H]2OC3(CCCCC3)O[C@H]2O[C@@H]1[C@H]1COC2(CCCCC2)O1. The Kier molecular flexibility index (Phi) is 6.21. The average Bonchev–Trinajstić information content (AvgIpc) is 3.39. The van der Waals surface area contributed by atoms with Crippen LogP contribution in [0.1, 0.15) is 90.4 Å². The fourth-order valence-electron chi connectivity index (χ4n) is 5.84. The molecule has 6 nitrogen and oxygen atoms in total.